The van der Waals surface area contributed by atoms with Crippen LogP contribution in [0.2, 0.25) is 0 Å². The third-order valence-electron chi connectivity index (χ3n) is 6.84. The molecule has 0 spiro atoms. The van der Waals surface area contributed by atoms with Crippen molar-refractivity contribution in [3.63, 3.8) is 0 Å². The van der Waals surface area contributed by atoms with E-state index in [1.54, 1.807) is 18.2 Å². The lowest BCUT2D eigenvalue weighted by atomic mass is 9.83. The number of benzene rings is 1. The van der Waals surface area contributed by atoms with Gasteiger partial charge in [0.25, 0.3) is 5.56 Å². The minimum absolute atomic E-state index is 0.0202. The number of azo groups is 1. The van der Waals surface area contributed by atoms with Gasteiger partial charge in [-0.1, -0.05) is 28.1 Å². The van der Waals surface area contributed by atoms with Crippen LogP contribution in [0.1, 0.15) is 27.7 Å². The molecule has 0 aliphatic carbocycles. The molecule has 0 saturated carbocycles. The number of piperidine rings is 1. The number of pyridine rings is 1. The number of nitrogens with zero attached hydrogens (tertiary/aromatic N) is 5. The van der Waals surface area contributed by atoms with Gasteiger partial charge in [-0.2, -0.15) is 0 Å². The second-order valence-corrected chi connectivity index (χ2v) is 11.0. The first kappa shape index (κ1) is 22.4. The predicted octanol–water partition coefficient (Wildman–Crippen LogP) is 5.33. The maximum atomic E-state index is 12.4. The van der Waals surface area contributed by atoms with E-state index in [1.165, 1.54) is 11.3 Å². The standard InChI is InChI=1S/C25H22BrN5O3S/c26-17-6-7-20-18(10-17)23(27-28-24(33)21-4-2-8-35-21)25(34)31(20)14-29-11-15-9-16(13-29)19-3-1-5-22(32)30(19)12-15/h1-8,10,15-16,34H,9,11-14H2/t15-,16-/m0/s1. The Morgan fingerprint density at radius 2 is 2.03 bits per heavy atom. The summed E-state index contributed by atoms with van der Waals surface area (Å²) in [4.78, 5) is 27.5. The number of hydrogen-bond acceptors (Lipinski definition) is 6. The van der Waals surface area contributed by atoms with Crippen LogP contribution in [0.15, 0.2) is 73.4 Å². The van der Waals surface area contributed by atoms with E-state index in [-0.39, 0.29) is 23.0 Å². The second kappa shape index (κ2) is 8.85. The molecular weight excluding hydrogens is 530 g/mol. The number of aromatic hydroxyl groups is 1. The van der Waals surface area contributed by atoms with Crippen molar-refractivity contribution in [1.82, 2.24) is 14.0 Å². The Kier molecular flexibility index (Phi) is 5.66. The number of amides is 1. The molecule has 6 rings (SSSR count). The van der Waals surface area contributed by atoms with Crippen molar-refractivity contribution in [3.8, 4) is 5.88 Å². The number of hydrogen-bond donors (Lipinski definition) is 1. The average molecular weight is 552 g/mol. The van der Waals surface area contributed by atoms with E-state index in [2.05, 4.69) is 37.1 Å². The van der Waals surface area contributed by atoms with Gasteiger partial charge in [-0.15, -0.1) is 21.6 Å². The summed E-state index contributed by atoms with van der Waals surface area (Å²) < 4.78 is 4.59. The van der Waals surface area contributed by atoms with Gasteiger partial charge in [0.2, 0.25) is 5.88 Å². The van der Waals surface area contributed by atoms with Crippen LogP contribution in [0, 0.1) is 5.92 Å². The van der Waals surface area contributed by atoms with Crippen LogP contribution in [0.3, 0.4) is 0 Å². The first-order chi connectivity index (χ1) is 17.0. The van der Waals surface area contributed by atoms with Crippen LogP contribution in [0.4, 0.5) is 5.69 Å². The maximum absolute atomic E-state index is 12.4. The van der Waals surface area contributed by atoms with E-state index in [9.17, 15) is 14.7 Å². The monoisotopic (exact) mass is 551 g/mol. The zero-order valence-corrected chi connectivity index (χ0v) is 21.1. The largest absolute Gasteiger partial charge is 0.493 e. The molecule has 0 unspecified atom stereocenters. The fourth-order valence-corrected chi connectivity index (χ4v) is 6.36. The Labute approximate surface area is 213 Å². The normalized spacial score (nSPS) is 19.9. The van der Waals surface area contributed by atoms with Crippen molar-refractivity contribution in [2.45, 2.75) is 25.6 Å². The number of fused-ring (bicyclic) bond motifs is 5. The Balaban J connectivity index is 1.33. The SMILES string of the molecule is O=C(N=Nc1c(O)n(CN2C[C@@H]3C[C@@H](C2)c2cccc(=O)n2C3)c2ccc(Br)cc12)c1cccs1. The van der Waals surface area contributed by atoms with Gasteiger partial charge >= 0.3 is 5.91 Å². The third kappa shape index (κ3) is 4.05. The predicted molar refractivity (Wildman–Crippen MR) is 138 cm³/mol. The van der Waals surface area contributed by atoms with Gasteiger partial charge in [-0.3, -0.25) is 19.1 Å². The molecular formula is C25H22BrN5O3S. The molecule has 4 aromatic rings. The van der Waals surface area contributed by atoms with Crippen LogP contribution >= 0.6 is 27.3 Å². The first-order valence-electron chi connectivity index (χ1n) is 11.4. The molecule has 2 bridgehead atoms. The Morgan fingerprint density at radius 3 is 2.86 bits per heavy atom. The summed E-state index contributed by atoms with van der Waals surface area (Å²) in [6.45, 7) is 2.82. The fourth-order valence-electron chi connectivity index (χ4n) is 5.39. The van der Waals surface area contributed by atoms with Crippen molar-refractivity contribution < 1.29 is 9.90 Å². The van der Waals surface area contributed by atoms with Gasteiger partial charge in [0.1, 0.15) is 0 Å². The molecule has 8 nitrogen and oxygen atoms in total. The van der Waals surface area contributed by atoms with Gasteiger partial charge < -0.3 is 9.67 Å². The van der Waals surface area contributed by atoms with Crippen LogP contribution in [-0.4, -0.2) is 38.1 Å². The molecule has 1 amide bonds. The molecule has 2 atom stereocenters. The number of rotatable bonds is 4. The zero-order chi connectivity index (χ0) is 24.1. The fraction of sp³-hybridized carbons (Fsp3) is 0.280. The molecule has 178 valence electrons. The molecule has 1 aromatic carbocycles. The maximum Gasteiger partial charge on any atom is 0.305 e. The van der Waals surface area contributed by atoms with Crippen LogP contribution in [0.5, 0.6) is 5.88 Å². The van der Waals surface area contributed by atoms with Gasteiger partial charge in [0.15, 0.2) is 5.69 Å². The average Bonchev–Trinajstić information content (AvgIpc) is 3.46. The van der Waals surface area contributed by atoms with Crippen molar-refractivity contribution in [2.24, 2.45) is 16.1 Å². The summed E-state index contributed by atoms with van der Waals surface area (Å²) >= 11 is 4.80. The van der Waals surface area contributed by atoms with Gasteiger partial charge in [-0.25, -0.2) is 0 Å². The van der Waals surface area contributed by atoms with Crippen molar-refractivity contribution in [2.75, 3.05) is 13.1 Å². The summed E-state index contributed by atoms with van der Waals surface area (Å²) in [5.41, 5.74) is 2.25. The van der Waals surface area contributed by atoms with E-state index < -0.39 is 5.91 Å². The van der Waals surface area contributed by atoms with E-state index in [0.29, 0.717) is 22.8 Å². The molecule has 1 N–H and O–H groups in total. The smallest absolute Gasteiger partial charge is 0.305 e. The van der Waals surface area contributed by atoms with Crippen molar-refractivity contribution >= 4 is 49.8 Å². The minimum atomic E-state index is -0.437. The lowest BCUT2D eigenvalue weighted by Gasteiger charge is -2.42. The topological polar surface area (TPSA) is 92.2 Å². The van der Waals surface area contributed by atoms with E-state index in [4.69, 9.17) is 0 Å². The van der Waals surface area contributed by atoms with Gasteiger partial charge in [-0.05, 0) is 48.1 Å². The van der Waals surface area contributed by atoms with Crippen molar-refractivity contribution in [1.29, 1.82) is 0 Å². The number of aromatic nitrogens is 2. The molecule has 10 heteroatoms. The molecule has 1 fully saturated rings. The number of carbonyl (C=O) groups excluding carboxylic acids is 1. The van der Waals surface area contributed by atoms with Crippen LogP contribution in [-0.2, 0) is 13.2 Å². The Hall–Kier alpha value is -3.08. The molecule has 3 aromatic heterocycles. The highest BCUT2D eigenvalue weighted by atomic mass is 79.9. The first-order valence-corrected chi connectivity index (χ1v) is 13.1. The van der Waals surface area contributed by atoms with Crippen LogP contribution < -0.4 is 5.56 Å². The van der Waals surface area contributed by atoms with E-state index in [0.717, 1.165) is 41.7 Å². The number of likely N-dealkylation sites (tertiary alicyclic amines) is 1. The Morgan fingerprint density at radius 1 is 1.14 bits per heavy atom. The summed E-state index contributed by atoms with van der Waals surface area (Å²) in [5.74, 6) is 0.195. The summed E-state index contributed by atoms with van der Waals surface area (Å²) in [5, 5.41) is 21.8. The van der Waals surface area contributed by atoms with Gasteiger partial charge in [0, 0.05) is 47.2 Å². The van der Waals surface area contributed by atoms with Crippen LogP contribution in [0.25, 0.3) is 10.9 Å². The number of carbonyl (C=O) groups is 1. The summed E-state index contributed by atoms with van der Waals surface area (Å²) in [6.07, 6.45) is 1.07. The van der Waals surface area contributed by atoms with Crippen molar-refractivity contribution in [3.05, 3.63) is 79.3 Å². The molecule has 5 heterocycles. The summed E-state index contributed by atoms with van der Waals surface area (Å²) in [7, 11) is 0. The second-order valence-electron chi connectivity index (χ2n) is 9.12. The zero-order valence-electron chi connectivity index (χ0n) is 18.7. The highest BCUT2D eigenvalue weighted by Crippen LogP contribution is 2.41. The lowest BCUT2D eigenvalue weighted by Crippen LogP contribution is -2.47. The van der Waals surface area contributed by atoms with E-state index in [1.807, 2.05) is 38.8 Å². The molecule has 2 aliphatic heterocycles. The summed E-state index contributed by atoms with van der Waals surface area (Å²) in [6, 6.07) is 14.7. The van der Waals surface area contributed by atoms with Gasteiger partial charge in [0.05, 0.1) is 17.1 Å². The molecule has 2 aliphatic rings. The number of thiophene rings is 1. The Bertz CT molecular complexity index is 1520. The molecule has 35 heavy (non-hydrogen) atoms. The highest BCUT2D eigenvalue weighted by molar-refractivity contribution is 9.10. The third-order valence-corrected chi connectivity index (χ3v) is 8.19. The van der Waals surface area contributed by atoms with E-state index >= 15 is 0 Å². The lowest BCUT2D eigenvalue weighted by molar-refractivity contribution is 0.0922. The number of halogens is 1. The molecule has 0 radical (unpaired) electrons. The highest BCUT2D eigenvalue weighted by Gasteiger charge is 2.35. The quantitative estimate of drug-likeness (QED) is 0.347. The minimum Gasteiger partial charge on any atom is -0.493 e. The molecule has 1 saturated heterocycles.